The van der Waals surface area contributed by atoms with E-state index in [1.807, 2.05) is 43.5 Å². The van der Waals surface area contributed by atoms with Crippen molar-refractivity contribution in [3.05, 3.63) is 58.9 Å². The summed E-state index contributed by atoms with van der Waals surface area (Å²) in [6.45, 7) is 2.45. The van der Waals surface area contributed by atoms with Crippen LogP contribution in [0.15, 0.2) is 41.3 Å². The van der Waals surface area contributed by atoms with Crippen molar-refractivity contribution in [3.8, 4) is 0 Å². The van der Waals surface area contributed by atoms with Gasteiger partial charge in [-0.15, -0.1) is 11.8 Å². The molecule has 0 N–H and O–H groups in total. The van der Waals surface area contributed by atoms with Crippen LogP contribution < -0.4 is 4.90 Å². The van der Waals surface area contributed by atoms with Crippen LogP contribution in [0.25, 0.3) is 0 Å². The summed E-state index contributed by atoms with van der Waals surface area (Å²) in [5, 5.41) is 0. The van der Waals surface area contributed by atoms with Gasteiger partial charge >= 0.3 is 0 Å². The molecule has 2 aromatic carbocycles. The van der Waals surface area contributed by atoms with E-state index >= 15 is 0 Å². The summed E-state index contributed by atoms with van der Waals surface area (Å²) in [6.07, 6.45) is 3.63. The molecule has 0 bridgehead atoms. The maximum atomic E-state index is 14.4. The second kappa shape index (κ2) is 6.13. The molecule has 0 radical (unpaired) electrons. The number of carbonyl (C=O) groups excluding carboxylic acids is 1. The molecule has 4 heteroatoms. The van der Waals surface area contributed by atoms with E-state index in [4.69, 9.17) is 0 Å². The molecule has 0 saturated carbocycles. The molecule has 2 aromatic rings. The van der Waals surface area contributed by atoms with Crippen molar-refractivity contribution >= 4 is 23.4 Å². The van der Waals surface area contributed by atoms with E-state index in [1.165, 1.54) is 17.8 Å². The number of carbonyl (C=O) groups is 1. The third kappa shape index (κ3) is 2.63. The highest BCUT2D eigenvalue weighted by Crippen LogP contribution is 2.33. The van der Waals surface area contributed by atoms with Crippen molar-refractivity contribution < 1.29 is 9.18 Å². The van der Waals surface area contributed by atoms with Crippen LogP contribution in [0.4, 0.5) is 10.1 Å². The molecule has 0 saturated heterocycles. The number of thioether (sulfide) groups is 1. The third-order valence-corrected chi connectivity index (χ3v) is 4.76. The van der Waals surface area contributed by atoms with E-state index in [1.54, 1.807) is 4.90 Å². The van der Waals surface area contributed by atoms with Crippen LogP contribution >= 0.6 is 11.8 Å². The van der Waals surface area contributed by atoms with Crippen molar-refractivity contribution in [2.45, 2.75) is 24.7 Å². The molecule has 1 aliphatic rings. The van der Waals surface area contributed by atoms with Gasteiger partial charge in [0.2, 0.25) is 0 Å². The fraction of sp³-hybridized carbons (Fsp3) is 0.278. The van der Waals surface area contributed by atoms with Crippen molar-refractivity contribution in [1.82, 2.24) is 0 Å². The molecule has 114 valence electrons. The summed E-state index contributed by atoms with van der Waals surface area (Å²) < 4.78 is 14.4. The Morgan fingerprint density at radius 2 is 2.05 bits per heavy atom. The lowest BCUT2D eigenvalue weighted by Crippen LogP contribution is -2.36. The van der Waals surface area contributed by atoms with Crippen molar-refractivity contribution in [1.29, 1.82) is 0 Å². The molecule has 1 aliphatic heterocycles. The smallest absolute Gasteiger partial charge is 0.259 e. The van der Waals surface area contributed by atoms with E-state index in [0.29, 0.717) is 17.8 Å². The first-order valence-corrected chi connectivity index (χ1v) is 8.58. The predicted octanol–water partition coefficient (Wildman–Crippen LogP) is 4.45. The van der Waals surface area contributed by atoms with Gasteiger partial charge in [0.15, 0.2) is 0 Å². The second-order valence-corrected chi connectivity index (χ2v) is 6.36. The zero-order chi connectivity index (χ0) is 15.7. The van der Waals surface area contributed by atoms with Crippen LogP contribution in [0.5, 0.6) is 0 Å². The Morgan fingerprint density at radius 1 is 1.27 bits per heavy atom. The largest absolute Gasteiger partial charge is 0.305 e. The Labute approximate surface area is 134 Å². The Kier molecular flexibility index (Phi) is 4.21. The van der Waals surface area contributed by atoms with E-state index in [0.717, 1.165) is 28.9 Å². The van der Waals surface area contributed by atoms with Crippen molar-refractivity contribution in [2.75, 3.05) is 17.7 Å². The molecule has 1 amide bonds. The van der Waals surface area contributed by atoms with Gasteiger partial charge in [0, 0.05) is 11.4 Å². The highest BCUT2D eigenvalue weighted by Gasteiger charge is 2.27. The van der Waals surface area contributed by atoms with Gasteiger partial charge in [0.25, 0.3) is 5.91 Å². The van der Waals surface area contributed by atoms with Crippen molar-refractivity contribution in [3.63, 3.8) is 0 Å². The standard InChI is InChI=1S/C18H18FNOS/c1-12-10-13-6-5-9-20(17(13)15(19)11-12)18(21)14-7-3-4-8-16(14)22-2/h3-4,7-8,10-11H,5-6,9H2,1-2H3. The number of hydrogen-bond donors (Lipinski definition) is 0. The van der Waals surface area contributed by atoms with Crippen LogP contribution in [-0.2, 0) is 6.42 Å². The molecule has 0 spiro atoms. The average molecular weight is 315 g/mol. The molecular weight excluding hydrogens is 297 g/mol. The summed E-state index contributed by atoms with van der Waals surface area (Å²) in [6, 6.07) is 11.0. The normalized spacial score (nSPS) is 13.9. The highest BCUT2D eigenvalue weighted by atomic mass is 32.2. The van der Waals surface area contributed by atoms with Crippen LogP contribution in [-0.4, -0.2) is 18.7 Å². The van der Waals surface area contributed by atoms with Crippen LogP contribution in [0.1, 0.15) is 27.9 Å². The van der Waals surface area contributed by atoms with Crippen LogP contribution in [0.3, 0.4) is 0 Å². The minimum atomic E-state index is -0.301. The second-order valence-electron chi connectivity index (χ2n) is 5.52. The Balaban J connectivity index is 2.06. The van der Waals surface area contributed by atoms with Gasteiger partial charge in [-0.05, 0) is 55.3 Å². The van der Waals surface area contributed by atoms with Crippen molar-refractivity contribution in [2.24, 2.45) is 0 Å². The number of hydrogen-bond acceptors (Lipinski definition) is 2. The molecule has 0 unspecified atom stereocenters. The molecule has 0 aliphatic carbocycles. The average Bonchev–Trinajstić information content (AvgIpc) is 2.53. The number of halogens is 1. The monoisotopic (exact) mass is 315 g/mol. The predicted molar refractivity (Wildman–Crippen MR) is 89.4 cm³/mol. The molecular formula is C18H18FNOS. The summed E-state index contributed by atoms with van der Waals surface area (Å²) in [4.78, 5) is 15.4. The minimum Gasteiger partial charge on any atom is -0.305 e. The quantitative estimate of drug-likeness (QED) is 0.763. The molecule has 2 nitrogen and oxygen atoms in total. The van der Waals surface area contributed by atoms with Gasteiger partial charge in [-0.25, -0.2) is 4.39 Å². The Morgan fingerprint density at radius 3 is 2.82 bits per heavy atom. The number of benzene rings is 2. The lowest BCUT2D eigenvalue weighted by molar-refractivity contribution is 0.0981. The number of aryl methyl sites for hydroxylation is 2. The number of amides is 1. The zero-order valence-corrected chi connectivity index (χ0v) is 13.5. The van der Waals surface area contributed by atoms with E-state index < -0.39 is 0 Å². The molecule has 3 rings (SSSR count). The molecule has 22 heavy (non-hydrogen) atoms. The number of rotatable bonds is 2. The van der Waals surface area contributed by atoms with Crippen LogP contribution in [0, 0.1) is 12.7 Å². The van der Waals surface area contributed by atoms with Crippen LogP contribution in [0.2, 0.25) is 0 Å². The lowest BCUT2D eigenvalue weighted by atomic mass is 9.98. The first kappa shape index (κ1) is 15.1. The topological polar surface area (TPSA) is 20.3 Å². The summed E-state index contributed by atoms with van der Waals surface area (Å²) in [5.74, 6) is -0.418. The first-order valence-electron chi connectivity index (χ1n) is 7.35. The number of nitrogens with zero attached hydrogens (tertiary/aromatic N) is 1. The van der Waals surface area contributed by atoms with E-state index in [9.17, 15) is 9.18 Å². The summed E-state index contributed by atoms with van der Waals surface area (Å²) in [5.41, 5.74) is 2.93. The maximum absolute atomic E-state index is 14.4. The van der Waals surface area contributed by atoms with Gasteiger partial charge in [-0.1, -0.05) is 18.2 Å². The van der Waals surface area contributed by atoms with E-state index in [-0.39, 0.29) is 11.7 Å². The Hall–Kier alpha value is -1.81. The lowest BCUT2D eigenvalue weighted by Gasteiger charge is -2.30. The molecule has 0 aromatic heterocycles. The van der Waals surface area contributed by atoms with E-state index in [2.05, 4.69) is 0 Å². The zero-order valence-electron chi connectivity index (χ0n) is 12.7. The SMILES string of the molecule is CSc1ccccc1C(=O)N1CCCc2cc(C)cc(F)c21. The number of anilines is 1. The van der Waals surface area contributed by atoms with Gasteiger partial charge < -0.3 is 4.90 Å². The highest BCUT2D eigenvalue weighted by molar-refractivity contribution is 7.98. The first-order chi connectivity index (χ1) is 10.6. The Bertz CT molecular complexity index is 729. The van der Waals surface area contributed by atoms with Gasteiger partial charge in [-0.2, -0.15) is 0 Å². The minimum absolute atomic E-state index is 0.117. The van der Waals surface area contributed by atoms with Gasteiger partial charge in [0.1, 0.15) is 5.82 Å². The number of fused-ring (bicyclic) bond motifs is 1. The van der Waals surface area contributed by atoms with Gasteiger partial charge in [-0.3, -0.25) is 4.79 Å². The summed E-state index contributed by atoms with van der Waals surface area (Å²) in [7, 11) is 0. The molecule has 0 fully saturated rings. The fourth-order valence-corrected chi connectivity index (χ4v) is 3.60. The van der Waals surface area contributed by atoms with Gasteiger partial charge in [0.05, 0.1) is 11.3 Å². The summed E-state index contributed by atoms with van der Waals surface area (Å²) >= 11 is 1.53. The molecule has 1 heterocycles. The fourth-order valence-electron chi connectivity index (χ4n) is 3.01. The molecule has 0 atom stereocenters. The maximum Gasteiger partial charge on any atom is 0.259 e. The third-order valence-electron chi connectivity index (χ3n) is 3.97.